The van der Waals surface area contributed by atoms with Gasteiger partial charge in [-0.05, 0) is 24.6 Å². The third-order valence-electron chi connectivity index (χ3n) is 2.84. The Hall–Kier alpha value is -1.26. The largest absolute Gasteiger partial charge is 0.497 e. The van der Waals surface area contributed by atoms with Crippen molar-refractivity contribution in [3.05, 3.63) is 23.8 Å². The van der Waals surface area contributed by atoms with Gasteiger partial charge in [0.05, 0.1) is 27.4 Å². The van der Waals surface area contributed by atoms with E-state index in [4.69, 9.17) is 14.2 Å². The summed E-state index contributed by atoms with van der Waals surface area (Å²) in [6.07, 6.45) is 2.64. The quantitative estimate of drug-likeness (QED) is 0.928. The fourth-order valence-electron chi connectivity index (χ4n) is 1.47. The molecule has 2 rings (SSSR count). The first-order valence-corrected chi connectivity index (χ1v) is 7.66. The zero-order valence-corrected chi connectivity index (χ0v) is 14.2. The fourth-order valence-corrected chi connectivity index (χ4v) is 1.47. The van der Waals surface area contributed by atoms with E-state index in [0.717, 1.165) is 43.4 Å². The van der Waals surface area contributed by atoms with Gasteiger partial charge in [0.15, 0.2) is 0 Å². The molecule has 1 aliphatic rings. The molecule has 0 atom stereocenters. The number of rotatable bonds is 3. The molecule has 0 saturated carbocycles. The van der Waals surface area contributed by atoms with E-state index in [1.54, 1.807) is 14.2 Å². The minimum absolute atomic E-state index is 0.835. The van der Waals surface area contributed by atoms with E-state index in [-0.39, 0.29) is 0 Å². The molecule has 0 radical (unpaired) electrons. The van der Waals surface area contributed by atoms with Crippen molar-refractivity contribution in [2.75, 3.05) is 40.5 Å². The Balaban J connectivity index is 0.000000335. The maximum Gasteiger partial charge on any atom is 0.122 e. The van der Waals surface area contributed by atoms with Crippen molar-refractivity contribution in [3.63, 3.8) is 0 Å². The van der Waals surface area contributed by atoms with Crippen molar-refractivity contribution in [1.29, 1.82) is 0 Å². The summed E-state index contributed by atoms with van der Waals surface area (Å²) in [5, 5.41) is 3.16. The maximum absolute atomic E-state index is 5.06. The lowest BCUT2D eigenvalue weighted by Gasteiger charge is -2.10. The van der Waals surface area contributed by atoms with Gasteiger partial charge in [-0.15, -0.1) is 0 Å². The van der Waals surface area contributed by atoms with Gasteiger partial charge in [0.1, 0.15) is 11.5 Å². The summed E-state index contributed by atoms with van der Waals surface area (Å²) in [6.45, 7) is 10.2. The number of unbranched alkanes of at least 4 members (excludes halogenated alkanes) is 1. The molecule has 1 aromatic carbocycles. The van der Waals surface area contributed by atoms with E-state index in [1.165, 1.54) is 12.8 Å². The Labute approximate surface area is 129 Å². The zero-order valence-electron chi connectivity index (χ0n) is 14.2. The molecule has 21 heavy (non-hydrogen) atoms. The number of ether oxygens (including phenoxy) is 3. The van der Waals surface area contributed by atoms with Gasteiger partial charge in [0, 0.05) is 19.2 Å². The highest BCUT2D eigenvalue weighted by molar-refractivity contribution is 5.37. The van der Waals surface area contributed by atoms with Crippen LogP contribution in [0.1, 0.15) is 32.3 Å². The molecular formula is C17H31NO3. The summed E-state index contributed by atoms with van der Waals surface area (Å²) in [7, 11) is 3.29. The van der Waals surface area contributed by atoms with Crippen molar-refractivity contribution in [2.24, 2.45) is 0 Å². The second-order valence-corrected chi connectivity index (χ2v) is 4.75. The molecule has 1 N–H and O–H groups in total. The Morgan fingerprint density at radius 1 is 0.952 bits per heavy atom. The number of methoxy groups -OCH3 is 2. The smallest absolute Gasteiger partial charge is 0.122 e. The number of benzene rings is 1. The first-order chi connectivity index (χ1) is 10.2. The Morgan fingerprint density at radius 3 is 1.67 bits per heavy atom. The first kappa shape index (κ1) is 19.7. The van der Waals surface area contributed by atoms with Gasteiger partial charge >= 0.3 is 0 Å². The van der Waals surface area contributed by atoms with Crippen molar-refractivity contribution < 1.29 is 14.2 Å². The number of morpholine rings is 1. The second-order valence-electron chi connectivity index (χ2n) is 4.75. The topological polar surface area (TPSA) is 39.7 Å². The third kappa shape index (κ3) is 11.1. The van der Waals surface area contributed by atoms with Crippen LogP contribution >= 0.6 is 0 Å². The van der Waals surface area contributed by atoms with Crippen LogP contribution in [0.5, 0.6) is 11.5 Å². The summed E-state index contributed by atoms with van der Waals surface area (Å²) in [5.41, 5.74) is 1.14. The van der Waals surface area contributed by atoms with E-state index in [2.05, 4.69) is 19.2 Å². The predicted molar refractivity (Wildman–Crippen MR) is 88.6 cm³/mol. The van der Waals surface area contributed by atoms with E-state index in [0.29, 0.717) is 0 Å². The number of hydrogen-bond donors (Lipinski definition) is 1. The SMILES string of the molecule is C1COCCN1.CCCC.COc1cc(C)cc(OC)c1. The van der Waals surface area contributed by atoms with Crippen LogP contribution in [0.4, 0.5) is 0 Å². The molecule has 0 amide bonds. The molecule has 4 nitrogen and oxygen atoms in total. The summed E-state index contributed by atoms with van der Waals surface area (Å²) in [5.74, 6) is 1.67. The molecule has 0 aromatic heterocycles. The van der Waals surface area contributed by atoms with Gasteiger partial charge < -0.3 is 19.5 Å². The fraction of sp³-hybridized carbons (Fsp3) is 0.647. The van der Waals surface area contributed by atoms with E-state index >= 15 is 0 Å². The molecule has 4 heteroatoms. The van der Waals surface area contributed by atoms with E-state index < -0.39 is 0 Å². The van der Waals surface area contributed by atoms with Crippen molar-refractivity contribution in [1.82, 2.24) is 5.32 Å². The predicted octanol–water partition coefficient (Wildman–Crippen LogP) is 3.42. The molecule has 1 aliphatic heterocycles. The molecule has 1 saturated heterocycles. The van der Waals surface area contributed by atoms with Crippen LogP contribution in [-0.4, -0.2) is 40.5 Å². The van der Waals surface area contributed by atoms with Gasteiger partial charge in [0.25, 0.3) is 0 Å². The average Bonchev–Trinajstić information content (AvgIpc) is 2.56. The molecule has 122 valence electrons. The van der Waals surface area contributed by atoms with Crippen molar-refractivity contribution in [2.45, 2.75) is 33.6 Å². The van der Waals surface area contributed by atoms with Crippen molar-refractivity contribution in [3.8, 4) is 11.5 Å². The first-order valence-electron chi connectivity index (χ1n) is 7.66. The molecule has 0 bridgehead atoms. The normalized spacial score (nSPS) is 13.2. The van der Waals surface area contributed by atoms with Gasteiger partial charge in [-0.25, -0.2) is 0 Å². The lowest BCUT2D eigenvalue weighted by atomic mass is 10.2. The summed E-state index contributed by atoms with van der Waals surface area (Å²) < 4.78 is 15.1. The monoisotopic (exact) mass is 297 g/mol. The van der Waals surface area contributed by atoms with Crippen LogP contribution < -0.4 is 14.8 Å². The van der Waals surface area contributed by atoms with Gasteiger partial charge in [-0.2, -0.15) is 0 Å². The maximum atomic E-state index is 5.06. The summed E-state index contributed by atoms with van der Waals surface area (Å²) in [6, 6.07) is 5.78. The minimum atomic E-state index is 0.835. The molecule has 0 spiro atoms. The molecule has 1 fully saturated rings. The van der Waals surface area contributed by atoms with Crippen LogP contribution in [0.25, 0.3) is 0 Å². The molecule has 1 heterocycles. The average molecular weight is 297 g/mol. The summed E-state index contributed by atoms with van der Waals surface area (Å²) >= 11 is 0. The zero-order chi connectivity index (χ0) is 15.9. The number of aryl methyl sites for hydroxylation is 1. The van der Waals surface area contributed by atoms with E-state index in [9.17, 15) is 0 Å². The highest BCUT2D eigenvalue weighted by atomic mass is 16.5. The van der Waals surface area contributed by atoms with Gasteiger partial charge in [-0.3, -0.25) is 0 Å². The Kier molecular flexibility index (Phi) is 12.9. The minimum Gasteiger partial charge on any atom is -0.497 e. The standard InChI is InChI=1S/C9H12O2.C4H9NO.C4H10/c1-7-4-8(10-2)6-9(5-7)11-3;1-3-6-4-2-5-1;1-3-4-2/h4-6H,1-3H3;5H,1-4H2;3-4H2,1-2H3. The lowest BCUT2D eigenvalue weighted by Crippen LogP contribution is -2.30. The van der Waals surface area contributed by atoms with Crippen LogP contribution in [0.2, 0.25) is 0 Å². The molecular weight excluding hydrogens is 266 g/mol. The highest BCUT2D eigenvalue weighted by Gasteiger charge is 1.96. The Bertz CT molecular complexity index is 316. The van der Waals surface area contributed by atoms with Crippen molar-refractivity contribution >= 4 is 0 Å². The van der Waals surface area contributed by atoms with Gasteiger partial charge in [0.2, 0.25) is 0 Å². The molecule has 0 unspecified atom stereocenters. The van der Waals surface area contributed by atoms with E-state index in [1.807, 2.05) is 25.1 Å². The van der Waals surface area contributed by atoms with Gasteiger partial charge in [-0.1, -0.05) is 26.7 Å². The highest BCUT2D eigenvalue weighted by Crippen LogP contribution is 2.21. The Morgan fingerprint density at radius 2 is 1.43 bits per heavy atom. The number of hydrogen-bond acceptors (Lipinski definition) is 4. The van der Waals surface area contributed by atoms with Crippen LogP contribution in [0.15, 0.2) is 18.2 Å². The third-order valence-corrected chi connectivity index (χ3v) is 2.84. The van der Waals surface area contributed by atoms with Crippen LogP contribution in [0.3, 0.4) is 0 Å². The number of nitrogens with one attached hydrogen (secondary N) is 1. The lowest BCUT2D eigenvalue weighted by molar-refractivity contribution is 0.109. The van der Waals surface area contributed by atoms with Crippen LogP contribution in [-0.2, 0) is 4.74 Å². The molecule has 0 aliphatic carbocycles. The molecule has 1 aromatic rings. The second kappa shape index (κ2) is 13.7. The summed E-state index contributed by atoms with van der Waals surface area (Å²) in [4.78, 5) is 0. The van der Waals surface area contributed by atoms with Crippen LogP contribution in [0, 0.1) is 6.92 Å².